The van der Waals surface area contributed by atoms with E-state index in [9.17, 15) is 4.79 Å². The molecule has 0 N–H and O–H groups in total. The number of aromatic nitrogens is 1. The quantitative estimate of drug-likeness (QED) is 0.825. The third-order valence-corrected chi connectivity index (χ3v) is 5.89. The van der Waals surface area contributed by atoms with Crippen LogP contribution in [0.3, 0.4) is 0 Å². The Labute approximate surface area is 145 Å². The predicted octanol–water partition coefficient (Wildman–Crippen LogP) is 4.31. The molecule has 24 heavy (non-hydrogen) atoms. The lowest BCUT2D eigenvalue weighted by Gasteiger charge is -2.38. The van der Waals surface area contributed by atoms with E-state index in [0.29, 0.717) is 11.3 Å². The number of carbonyl (C=O) groups is 1. The van der Waals surface area contributed by atoms with E-state index >= 15 is 0 Å². The fourth-order valence-electron chi connectivity index (χ4n) is 3.89. The van der Waals surface area contributed by atoms with Gasteiger partial charge in [0.2, 0.25) is 5.91 Å². The Hall–Kier alpha value is -1.77. The number of likely N-dealkylation sites (tertiary alicyclic amines) is 1. The normalized spacial score (nSPS) is 18.8. The molecule has 1 saturated heterocycles. The lowest BCUT2D eigenvalue weighted by Crippen LogP contribution is -2.43. The molecule has 3 nitrogen and oxygen atoms in total. The Morgan fingerprint density at radius 3 is 2.50 bits per heavy atom. The highest BCUT2D eigenvalue weighted by Gasteiger charge is 2.30. The third-order valence-electron chi connectivity index (χ3n) is 5.89. The van der Waals surface area contributed by atoms with Crippen LogP contribution in [0.25, 0.3) is 10.9 Å². The second-order valence-electron chi connectivity index (χ2n) is 8.23. The van der Waals surface area contributed by atoms with Crippen molar-refractivity contribution in [1.29, 1.82) is 0 Å². The summed E-state index contributed by atoms with van der Waals surface area (Å²) in [7, 11) is 2.11. The number of para-hydroxylation sites is 1. The van der Waals surface area contributed by atoms with Crippen molar-refractivity contribution in [3.05, 3.63) is 35.5 Å². The summed E-state index contributed by atoms with van der Waals surface area (Å²) in [6.45, 7) is 10.7. The van der Waals surface area contributed by atoms with Crippen LogP contribution in [0, 0.1) is 18.3 Å². The van der Waals surface area contributed by atoms with Crippen LogP contribution < -0.4 is 0 Å². The average molecular weight is 326 g/mol. The van der Waals surface area contributed by atoms with Crippen LogP contribution in [0.2, 0.25) is 0 Å². The van der Waals surface area contributed by atoms with Crippen LogP contribution in [-0.2, 0) is 18.3 Å². The second kappa shape index (κ2) is 6.27. The maximum Gasteiger partial charge on any atom is 0.225 e. The number of rotatable bonds is 3. The standard InChI is InChI=1S/C21H30N2O/c1-15(20(24)23-12-10-21(3,4)11-13-23)14-18-16(2)22(5)19-9-7-6-8-17(18)19/h6-9,15H,10-14H2,1-5H3. The minimum atomic E-state index is 0.0377. The van der Waals surface area contributed by atoms with Gasteiger partial charge in [0.15, 0.2) is 0 Å². The molecule has 1 amide bonds. The second-order valence-corrected chi connectivity index (χ2v) is 8.23. The van der Waals surface area contributed by atoms with Crippen molar-refractivity contribution in [2.45, 2.75) is 47.0 Å². The highest BCUT2D eigenvalue weighted by atomic mass is 16.2. The molecule has 2 heterocycles. The van der Waals surface area contributed by atoms with Crippen molar-refractivity contribution in [3.8, 4) is 0 Å². The van der Waals surface area contributed by atoms with Crippen molar-refractivity contribution in [3.63, 3.8) is 0 Å². The summed E-state index contributed by atoms with van der Waals surface area (Å²) in [5, 5.41) is 1.29. The van der Waals surface area contributed by atoms with Crippen molar-refractivity contribution < 1.29 is 4.79 Å². The van der Waals surface area contributed by atoms with Crippen molar-refractivity contribution in [1.82, 2.24) is 9.47 Å². The van der Waals surface area contributed by atoms with E-state index in [0.717, 1.165) is 32.4 Å². The molecular formula is C21H30N2O. The van der Waals surface area contributed by atoms with Gasteiger partial charge in [0.25, 0.3) is 0 Å². The van der Waals surface area contributed by atoms with E-state index in [-0.39, 0.29) is 5.92 Å². The summed E-state index contributed by atoms with van der Waals surface area (Å²) in [6, 6.07) is 8.50. The van der Waals surface area contributed by atoms with Crippen LogP contribution in [0.1, 0.15) is 44.9 Å². The maximum absolute atomic E-state index is 12.9. The SMILES string of the molecule is Cc1c(CC(C)C(=O)N2CCC(C)(C)CC2)c2ccccc2n1C. The zero-order valence-corrected chi connectivity index (χ0v) is 15.7. The molecule has 0 saturated carbocycles. The summed E-state index contributed by atoms with van der Waals surface area (Å²) in [6.07, 6.45) is 3.05. The number of nitrogens with zero attached hydrogens (tertiary/aromatic N) is 2. The molecule has 0 aliphatic carbocycles. The highest BCUT2D eigenvalue weighted by molar-refractivity contribution is 5.86. The number of benzene rings is 1. The molecule has 3 heteroatoms. The summed E-state index contributed by atoms with van der Waals surface area (Å²) >= 11 is 0. The fraction of sp³-hybridized carbons (Fsp3) is 0.571. The van der Waals surface area contributed by atoms with Gasteiger partial charge in [0, 0.05) is 42.7 Å². The lowest BCUT2D eigenvalue weighted by atomic mass is 9.82. The van der Waals surface area contributed by atoms with E-state index in [4.69, 9.17) is 0 Å². The van der Waals surface area contributed by atoms with Gasteiger partial charge in [0.05, 0.1) is 0 Å². The highest BCUT2D eigenvalue weighted by Crippen LogP contribution is 2.31. The summed E-state index contributed by atoms with van der Waals surface area (Å²) in [5.41, 5.74) is 4.23. The molecule has 1 aromatic heterocycles. The van der Waals surface area contributed by atoms with Gasteiger partial charge in [0.1, 0.15) is 0 Å². The molecule has 1 aliphatic rings. The molecule has 2 aromatic rings. The number of hydrogen-bond donors (Lipinski definition) is 0. The van der Waals surface area contributed by atoms with Gasteiger partial charge in [-0.3, -0.25) is 4.79 Å². The van der Waals surface area contributed by atoms with E-state index < -0.39 is 0 Å². The first-order valence-electron chi connectivity index (χ1n) is 9.12. The monoisotopic (exact) mass is 326 g/mol. The smallest absolute Gasteiger partial charge is 0.225 e. The van der Waals surface area contributed by atoms with Crippen LogP contribution in [0.5, 0.6) is 0 Å². The Bertz CT molecular complexity index is 747. The first-order chi connectivity index (χ1) is 11.3. The Morgan fingerprint density at radius 1 is 1.21 bits per heavy atom. The van der Waals surface area contributed by atoms with Gasteiger partial charge >= 0.3 is 0 Å². The van der Waals surface area contributed by atoms with Crippen molar-refractivity contribution in [2.24, 2.45) is 18.4 Å². The van der Waals surface area contributed by atoms with E-state index in [1.54, 1.807) is 0 Å². The molecule has 3 rings (SSSR count). The molecule has 0 bridgehead atoms. The van der Waals surface area contributed by atoms with Crippen molar-refractivity contribution in [2.75, 3.05) is 13.1 Å². The molecule has 1 aromatic carbocycles. The number of piperidine rings is 1. The van der Waals surface area contributed by atoms with Gasteiger partial charge in [-0.15, -0.1) is 0 Å². The van der Waals surface area contributed by atoms with Gasteiger partial charge < -0.3 is 9.47 Å². The first-order valence-corrected chi connectivity index (χ1v) is 9.12. The molecule has 1 aliphatic heterocycles. The van der Waals surface area contributed by atoms with Crippen LogP contribution in [0.4, 0.5) is 0 Å². The van der Waals surface area contributed by atoms with Gasteiger partial charge in [-0.2, -0.15) is 0 Å². The average Bonchev–Trinajstić information content (AvgIpc) is 2.79. The minimum absolute atomic E-state index is 0.0377. The molecule has 0 radical (unpaired) electrons. The molecule has 1 atom stereocenters. The van der Waals surface area contributed by atoms with Crippen LogP contribution >= 0.6 is 0 Å². The molecule has 130 valence electrons. The van der Waals surface area contributed by atoms with Crippen LogP contribution in [-0.4, -0.2) is 28.5 Å². The summed E-state index contributed by atoms with van der Waals surface area (Å²) in [5.74, 6) is 0.355. The summed E-state index contributed by atoms with van der Waals surface area (Å²) < 4.78 is 2.24. The first kappa shape index (κ1) is 17.1. The molecule has 1 fully saturated rings. The third kappa shape index (κ3) is 3.09. The zero-order chi connectivity index (χ0) is 17.5. The molecular weight excluding hydrogens is 296 g/mol. The molecule has 1 unspecified atom stereocenters. The molecule has 0 spiro atoms. The van der Waals surface area contributed by atoms with Crippen molar-refractivity contribution >= 4 is 16.8 Å². The number of aryl methyl sites for hydroxylation is 1. The summed E-state index contributed by atoms with van der Waals surface area (Å²) in [4.78, 5) is 15.0. The van der Waals surface area contributed by atoms with Gasteiger partial charge in [-0.1, -0.05) is 39.0 Å². The maximum atomic E-state index is 12.9. The van der Waals surface area contributed by atoms with E-state index in [1.165, 1.54) is 22.2 Å². The Balaban J connectivity index is 1.77. The van der Waals surface area contributed by atoms with E-state index in [2.05, 4.69) is 68.5 Å². The van der Waals surface area contributed by atoms with Gasteiger partial charge in [-0.25, -0.2) is 0 Å². The topological polar surface area (TPSA) is 25.2 Å². The Kier molecular flexibility index (Phi) is 4.46. The Morgan fingerprint density at radius 2 is 1.83 bits per heavy atom. The van der Waals surface area contributed by atoms with Crippen LogP contribution in [0.15, 0.2) is 24.3 Å². The zero-order valence-electron chi connectivity index (χ0n) is 15.7. The predicted molar refractivity (Wildman–Crippen MR) is 100 cm³/mol. The van der Waals surface area contributed by atoms with E-state index in [1.807, 2.05) is 0 Å². The number of hydrogen-bond acceptors (Lipinski definition) is 1. The number of amides is 1. The van der Waals surface area contributed by atoms with Gasteiger partial charge in [-0.05, 0) is 43.2 Å². The lowest BCUT2D eigenvalue weighted by molar-refractivity contribution is -0.137. The largest absolute Gasteiger partial charge is 0.348 e. The minimum Gasteiger partial charge on any atom is -0.348 e. The number of carbonyl (C=O) groups excluding carboxylic acids is 1. The fourth-order valence-corrected chi connectivity index (χ4v) is 3.89. The number of fused-ring (bicyclic) bond motifs is 1.